The molecule has 0 aliphatic heterocycles. The number of amides is 1. The molecule has 0 fully saturated rings. The van der Waals surface area contributed by atoms with Gasteiger partial charge in [-0.05, 0) is 43.5 Å². The van der Waals surface area contributed by atoms with E-state index >= 15 is 0 Å². The summed E-state index contributed by atoms with van der Waals surface area (Å²) in [5.41, 5.74) is 2.49. The van der Waals surface area contributed by atoms with E-state index in [4.69, 9.17) is 11.6 Å². The highest BCUT2D eigenvalue weighted by atomic mass is 35.5. The summed E-state index contributed by atoms with van der Waals surface area (Å²) < 4.78 is 22.1. The minimum atomic E-state index is -2.99. The average Bonchev–Trinajstić information content (AvgIpc) is 2.31. The van der Waals surface area contributed by atoms with Crippen molar-refractivity contribution in [3.05, 3.63) is 33.8 Å². The Morgan fingerprint density at radius 2 is 1.80 bits per heavy atom. The monoisotopic (exact) mass is 317 g/mol. The molecule has 0 unspecified atom stereocenters. The molecule has 0 aromatic heterocycles. The van der Waals surface area contributed by atoms with Crippen LogP contribution in [0, 0.1) is 13.8 Å². The van der Waals surface area contributed by atoms with Gasteiger partial charge in [0.25, 0.3) is 5.91 Å². The zero-order chi connectivity index (χ0) is 15.5. The summed E-state index contributed by atoms with van der Waals surface area (Å²) >= 11 is 6.10. The fourth-order valence-electron chi connectivity index (χ4n) is 1.82. The summed E-state index contributed by atoms with van der Waals surface area (Å²) in [5.74, 6) is -0.114. The van der Waals surface area contributed by atoms with Crippen LogP contribution in [-0.2, 0) is 9.84 Å². The number of carbonyl (C=O) groups is 1. The first-order valence-corrected chi connectivity index (χ1v) is 8.75. The van der Waals surface area contributed by atoms with Gasteiger partial charge in [0.15, 0.2) is 0 Å². The quantitative estimate of drug-likeness (QED) is 0.838. The molecule has 0 N–H and O–H groups in total. The van der Waals surface area contributed by atoms with E-state index in [1.165, 1.54) is 11.2 Å². The van der Waals surface area contributed by atoms with E-state index < -0.39 is 9.84 Å². The Morgan fingerprint density at radius 1 is 1.25 bits per heavy atom. The van der Waals surface area contributed by atoms with Gasteiger partial charge in [-0.1, -0.05) is 11.6 Å². The second kappa shape index (κ2) is 6.59. The molecule has 0 saturated heterocycles. The summed E-state index contributed by atoms with van der Waals surface area (Å²) in [7, 11) is -1.35. The van der Waals surface area contributed by atoms with Gasteiger partial charge in [-0.2, -0.15) is 0 Å². The number of halogens is 1. The van der Waals surface area contributed by atoms with Crippen molar-refractivity contribution >= 4 is 27.3 Å². The molecule has 6 heteroatoms. The number of carbonyl (C=O) groups excluding carboxylic acids is 1. The molecule has 0 radical (unpaired) electrons. The van der Waals surface area contributed by atoms with E-state index in [0.717, 1.165) is 11.1 Å². The van der Waals surface area contributed by atoms with Crippen molar-refractivity contribution in [3.8, 4) is 0 Å². The maximum atomic E-state index is 12.3. The highest BCUT2D eigenvalue weighted by molar-refractivity contribution is 7.90. The lowest BCUT2D eigenvalue weighted by Gasteiger charge is -2.18. The van der Waals surface area contributed by atoms with Crippen LogP contribution in [0.5, 0.6) is 0 Å². The van der Waals surface area contributed by atoms with Crippen LogP contribution in [-0.4, -0.2) is 44.8 Å². The average molecular weight is 318 g/mol. The molecule has 0 bridgehead atoms. The van der Waals surface area contributed by atoms with E-state index in [2.05, 4.69) is 0 Å². The number of sulfone groups is 1. The number of rotatable bonds is 5. The summed E-state index contributed by atoms with van der Waals surface area (Å²) in [5, 5.41) is 0.424. The van der Waals surface area contributed by atoms with Crippen LogP contribution in [0.15, 0.2) is 12.1 Å². The number of nitrogens with zero attached hydrogens (tertiary/aromatic N) is 1. The molecular weight excluding hydrogens is 298 g/mol. The van der Waals surface area contributed by atoms with Crippen molar-refractivity contribution in [1.29, 1.82) is 0 Å². The Balaban J connectivity index is 2.77. The lowest BCUT2D eigenvalue weighted by Crippen LogP contribution is -2.29. The third-order valence-corrected chi connectivity index (χ3v) is 4.51. The fourth-order valence-corrected chi connectivity index (χ4v) is 2.77. The van der Waals surface area contributed by atoms with Crippen LogP contribution >= 0.6 is 11.6 Å². The molecule has 1 aromatic rings. The molecule has 0 atom stereocenters. The maximum absolute atomic E-state index is 12.3. The fraction of sp³-hybridized carbons (Fsp3) is 0.500. The van der Waals surface area contributed by atoms with Gasteiger partial charge < -0.3 is 4.90 Å². The summed E-state index contributed by atoms with van der Waals surface area (Å²) in [6, 6.07) is 3.54. The highest BCUT2D eigenvalue weighted by Crippen LogP contribution is 2.22. The van der Waals surface area contributed by atoms with E-state index in [0.29, 0.717) is 23.6 Å². The minimum absolute atomic E-state index is 0.0747. The van der Waals surface area contributed by atoms with Gasteiger partial charge in [0.1, 0.15) is 9.84 Å². The summed E-state index contributed by atoms with van der Waals surface area (Å²) in [6.07, 6.45) is 1.61. The largest absolute Gasteiger partial charge is 0.342 e. The van der Waals surface area contributed by atoms with Crippen molar-refractivity contribution in [2.45, 2.75) is 20.3 Å². The number of hydrogen-bond acceptors (Lipinski definition) is 3. The van der Waals surface area contributed by atoms with E-state index in [1.807, 2.05) is 13.8 Å². The third-order valence-electron chi connectivity index (χ3n) is 3.17. The smallest absolute Gasteiger partial charge is 0.255 e. The number of hydrogen-bond donors (Lipinski definition) is 0. The molecule has 0 heterocycles. The predicted octanol–water partition coefficient (Wildman–Crippen LogP) is 2.46. The van der Waals surface area contributed by atoms with Crippen molar-refractivity contribution in [3.63, 3.8) is 0 Å². The molecule has 1 amide bonds. The summed E-state index contributed by atoms with van der Waals surface area (Å²) in [4.78, 5) is 13.8. The standard InChI is InChI=1S/C14H20ClNO3S/c1-10-8-12(13(15)9-11(10)2)14(17)16(3)6-5-7-20(4,18)19/h8-9H,5-7H2,1-4H3. The van der Waals surface area contributed by atoms with Gasteiger partial charge in [0.05, 0.1) is 16.3 Å². The third kappa shape index (κ3) is 4.80. The lowest BCUT2D eigenvalue weighted by atomic mass is 10.1. The van der Waals surface area contributed by atoms with Gasteiger partial charge in [-0.15, -0.1) is 0 Å². The summed E-state index contributed by atoms with van der Waals surface area (Å²) in [6.45, 7) is 4.24. The van der Waals surface area contributed by atoms with Crippen molar-refractivity contribution < 1.29 is 13.2 Å². The first-order valence-electron chi connectivity index (χ1n) is 6.32. The minimum Gasteiger partial charge on any atom is -0.342 e. The molecule has 1 rings (SSSR count). The lowest BCUT2D eigenvalue weighted by molar-refractivity contribution is 0.0795. The van der Waals surface area contributed by atoms with Crippen LogP contribution in [0.3, 0.4) is 0 Å². The molecular formula is C14H20ClNO3S. The zero-order valence-corrected chi connectivity index (χ0v) is 13.8. The Bertz CT molecular complexity index is 611. The van der Waals surface area contributed by atoms with Gasteiger partial charge in [0, 0.05) is 19.8 Å². The predicted molar refractivity (Wildman–Crippen MR) is 82.2 cm³/mol. The van der Waals surface area contributed by atoms with E-state index in [-0.39, 0.29) is 11.7 Å². The van der Waals surface area contributed by atoms with E-state index in [1.54, 1.807) is 19.2 Å². The molecule has 20 heavy (non-hydrogen) atoms. The molecule has 112 valence electrons. The topological polar surface area (TPSA) is 54.5 Å². The first-order chi connectivity index (χ1) is 9.11. The SMILES string of the molecule is Cc1cc(Cl)c(C(=O)N(C)CCCS(C)(=O)=O)cc1C. The van der Waals surface area contributed by atoms with Crippen LogP contribution in [0.2, 0.25) is 5.02 Å². The normalized spacial score (nSPS) is 11.4. The van der Waals surface area contributed by atoms with Crippen LogP contribution in [0.1, 0.15) is 27.9 Å². The Kier molecular flexibility index (Phi) is 5.59. The first kappa shape index (κ1) is 17.0. The Morgan fingerprint density at radius 3 is 2.35 bits per heavy atom. The van der Waals surface area contributed by atoms with Crippen LogP contribution in [0.4, 0.5) is 0 Å². The second-order valence-electron chi connectivity index (χ2n) is 5.13. The van der Waals surface area contributed by atoms with Crippen molar-refractivity contribution in [2.24, 2.45) is 0 Å². The van der Waals surface area contributed by atoms with Gasteiger partial charge >= 0.3 is 0 Å². The highest BCUT2D eigenvalue weighted by Gasteiger charge is 2.16. The van der Waals surface area contributed by atoms with Crippen LogP contribution in [0.25, 0.3) is 0 Å². The van der Waals surface area contributed by atoms with Gasteiger partial charge in [0.2, 0.25) is 0 Å². The zero-order valence-electron chi connectivity index (χ0n) is 12.2. The molecule has 0 aliphatic rings. The van der Waals surface area contributed by atoms with E-state index in [9.17, 15) is 13.2 Å². The van der Waals surface area contributed by atoms with Crippen molar-refractivity contribution in [2.75, 3.05) is 25.6 Å². The Hall–Kier alpha value is -1.07. The number of benzene rings is 1. The van der Waals surface area contributed by atoms with Gasteiger partial charge in [-0.3, -0.25) is 4.79 Å². The number of aryl methyl sites for hydroxylation is 2. The van der Waals surface area contributed by atoms with Crippen LogP contribution < -0.4 is 0 Å². The Labute approximate surface area is 125 Å². The molecule has 0 aliphatic carbocycles. The maximum Gasteiger partial charge on any atom is 0.255 e. The molecule has 0 spiro atoms. The van der Waals surface area contributed by atoms with Crippen molar-refractivity contribution in [1.82, 2.24) is 4.90 Å². The van der Waals surface area contributed by atoms with Gasteiger partial charge in [-0.25, -0.2) is 8.42 Å². The second-order valence-corrected chi connectivity index (χ2v) is 7.79. The molecule has 4 nitrogen and oxygen atoms in total. The molecule has 1 aromatic carbocycles. The molecule has 0 saturated carbocycles.